The van der Waals surface area contributed by atoms with E-state index < -0.39 is 0 Å². The van der Waals surface area contributed by atoms with Gasteiger partial charge in [0.2, 0.25) is 5.28 Å². The molecule has 5 nitrogen and oxygen atoms in total. The molecule has 1 aliphatic carbocycles. The second-order valence-electron chi connectivity index (χ2n) is 4.88. The molecule has 0 aliphatic heterocycles. The van der Waals surface area contributed by atoms with Gasteiger partial charge >= 0.3 is 0 Å². The van der Waals surface area contributed by atoms with E-state index >= 15 is 0 Å². The van der Waals surface area contributed by atoms with Crippen molar-refractivity contribution in [2.24, 2.45) is 0 Å². The molecule has 0 spiro atoms. The minimum Gasteiger partial charge on any atom is -0.361 e. The number of rotatable bonds is 2. The highest BCUT2D eigenvalue weighted by molar-refractivity contribution is 6.28. The highest BCUT2D eigenvalue weighted by Crippen LogP contribution is 2.34. The molecule has 0 saturated carbocycles. The van der Waals surface area contributed by atoms with Crippen LogP contribution < -0.4 is 5.32 Å². The van der Waals surface area contributed by atoms with Crippen molar-refractivity contribution in [1.29, 1.82) is 0 Å². The lowest BCUT2D eigenvalue weighted by Gasteiger charge is -2.14. The number of nitrogens with zero attached hydrogens (tertiary/aromatic N) is 3. The first-order valence-corrected chi connectivity index (χ1v) is 6.90. The number of aromatic nitrogens is 4. The maximum absolute atomic E-state index is 5.96. The third-order valence-electron chi connectivity index (χ3n) is 3.70. The second kappa shape index (κ2) is 4.45. The summed E-state index contributed by atoms with van der Waals surface area (Å²) in [5.74, 6) is 0.683. The molecule has 0 radical (unpaired) electrons. The van der Waals surface area contributed by atoms with E-state index in [4.69, 9.17) is 11.6 Å². The van der Waals surface area contributed by atoms with Gasteiger partial charge in [-0.3, -0.25) is 0 Å². The quantitative estimate of drug-likeness (QED) is 0.710. The van der Waals surface area contributed by atoms with E-state index in [0.717, 1.165) is 18.4 Å². The van der Waals surface area contributed by atoms with Crippen LogP contribution in [0.25, 0.3) is 11.2 Å². The van der Waals surface area contributed by atoms with E-state index in [-0.39, 0.29) is 11.3 Å². The van der Waals surface area contributed by atoms with Gasteiger partial charge < -0.3 is 10.3 Å². The van der Waals surface area contributed by atoms with Crippen LogP contribution in [0.4, 0.5) is 5.82 Å². The van der Waals surface area contributed by atoms with E-state index in [1.165, 1.54) is 11.1 Å². The summed E-state index contributed by atoms with van der Waals surface area (Å²) in [6.45, 7) is 0. The molecule has 6 heteroatoms. The van der Waals surface area contributed by atoms with Gasteiger partial charge in [0.25, 0.3) is 0 Å². The lowest BCUT2D eigenvalue weighted by atomic mass is 10.1. The molecular formula is C14H12ClN5. The van der Waals surface area contributed by atoms with Gasteiger partial charge in [0.15, 0.2) is 11.5 Å². The molecular weight excluding hydrogens is 274 g/mol. The number of H-pyrrole nitrogens is 1. The lowest BCUT2D eigenvalue weighted by molar-refractivity contribution is 0.758. The third kappa shape index (κ3) is 1.82. The van der Waals surface area contributed by atoms with Crippen molar-refractivity contribution in [3.8, 4) is 0 Å². The zero-order chi connectivity index (χ0) is 13.5. The number of hydrogen-bond donors (Lipinski definition) is 2. The van der Waals surface area contributed by atoms with E-state index in [0.29, 0.717) is 11.5 Å². The van der Waals surface area contributed by atoms with Gasteiger partial charge in [-0.05, 0) is 35.6 Å². The molecule has 1 aromatic carbocycles. The number of aryl methyl sites for hydroxylation is 1. The van der Waals surface area contributed by atoms with Crippen molar-refractivity contribution >= 4 is 28.6 Å². The molecule has 4 rings (SSSR count). The summed E-state index contributed by atoms with van der Waals surface area (Å²) in [5, 5.41) is 3.67. The predicted molar refractivity (Wildman–Crippen MR) is 77.8 cm³/mol. The van der Waals surface area contributed by atoms with Gasteiger partial charge in [-0.25, -0.2) is 4.98 Å². The molecule has 1 atom stereocenters. The number of benzene rings is 1. The van der Waals surface area contributed by atoms with Crippen molar-refractivity contribution in [3.05, 3.63) is 47.0 Å². The predicted octanol–water partition coefficient (Wildman–Crippen LogP) is 3.11. The van der Waals surface area contributed by atoms with Crippen LogP contribution in [0.5, 0.6) is 0 Å². The van der Waals surface area contributed by atoms with Gasteiger partial charge in [0.1, 0.15) is 5.52 Å². The Kier molecular flexibility index (Phi) is 2.60. The first kappa shape index (κ1) is 11.7. The van der Waals surface area contributed by atoms with Crippen molar-refractivity contribution in [2.45, 2.75) is 18.9 Å². The van der Waals surface area contributed by atoms with E-state index in [2.05, 4.69) is 49.5 Å². The number of anilines is 1. The SMILES string of the molecule is Clc1nc(N[C@H]2CCc3ccccc32)c2nc[nH]c2n1. The Morgan fingerprint density at radius 3 is 3.10 bits per heavy atom. The second-order valence-corrected chi connectivity index (χ2v) is 5.21. The van der Waals surface area contributed by atoms with Crippen molar-refractivity contribution in [3.63, 3.8) is 0 Å². The topological polar surface area (TPSA) is 66.5 Å². The Hall–Kier alpha value is -2.14. The number of halogens is 1. The van der Waals surface area contributed by atoms with Crippen LogP contribution in [-0.2, 0) is 6.42 Å². The molecule has 2 heterocycles. The van der Waals surface area contributed by atoms with E-state index in [1.54, 1.807) is 6.33 Å². The molecule has 1 aliphatic rings. The van der Waals surface area contributed by atoms with Crippen LogP contribution in [-0.4, -0.2) is 19.9 Å². The summed E-state index contributed by atoms with van der Waals surface area (Å²) >= 11 is 5.96. The monoisotopic (exact) mass is 285 g/mol. The molecule has 0 unspecified atom stereocenters. The van der Waals surface area contributed by atoms with Crippen LogP contribution >= 0.6 is 11.6 Å². The number of fused-ring (bicyclic) bond motifs is 2. The number of aromatic amines is 1. The molecule has 100 valence electrons. The molecule has 0 saturated heterocycles. The van der Waals surface area contributed by atoms with Gasteiger partial charge in [-0.15, -0.1) is 0 Å². The maximum Gasteiger partial charge on any atom is 0.226 e. The molecule has 3 aromatic rings. The van der Waals surface area contributed by atoms with Crippen LogP contribution in [0, 0.1) is 0 Å². The fourth-order valence-corrected chi connectivity index (χ4v) is 2.95. The van der Waals surface area contributed by atoms with Crippen LogP contribution in [0.3, 0.4) is 0 Å². The van der Waals surface area contributed by atoms with Crippen molar-refractivity contribution in [1.82, 2.24) is 19.9 Å². The summed E-state index contributed by atoms with van der Waals surface area (Å²) < 4.78 is 0. The van der Waals surface area contributed by atoms with E-state index in [1.807, 2.05) is 0 Å². The standard InChI is InChI=1S/C14H12ClN5/c15-14-19-12-11(16-7-17-12)13(20-14)18-10-6-5-8-3-1-2-4-9(8)10/h1-4,7,10H,5-6H2,(H2,16,17,18,19,20)/t10-/m0/s1. The zero-order valence-corrected chi connectivity index (χ0v) is 11.4. The minimum absolute atomic E-state index is 0.218. The molecule has 2 aromatic heterocycles. The normalized spacial score (nSPS) is 17.4. The van der Waals surface area contributed by atoms with Gasteiger partial charge in [-0.2, -0.15) is 9.97 Å². The number of imidazole rings is 1. The molecule has 0 fully saturated rings. The fraction of sp³-hybridized carbons (Fsp3) is 0.214. The van der Waals surface area contributed by atoms with Crippen molar-refractivity contribution in [2.75, 3.05) is 5.32 Å². The van der Waals surface area contributed by atoms with Gasteiger partial charge in [-0.1, -0.05) is 24.3 Å². The summed E-state index contributed by atoms with van der Waals surface area (Å²) in [6.07, 6.45) is 3.73. The summed E-state index contributed by atoms with van der Waals surface area (Å²) in [5.41, 5.74) is 4.09. The fourth-order valence-electron chi connectivity index (χ4n) is 2.78. The largest absolute Gasteiger partial charge is 0.361 e. The van der Waals surface area contributed by atoms with Crippen molar-refractivity contribution < 1.29 is 0 Å². The highest BCUT2D eigenvalue weighted by atomic mass is 35.5. The summed E-state index contributed by atoms with van der Waals surface area (Å²) in [6, 6.07) is 8.72. The number of hydrogen-bond acceptors (Lipinski definition) is 4. The first-order chi connectivity index (χ1) is 9.81. The maximum atomic E-state index is 5.96. The highest BCUT2D eigenvalue weighted by Gasteiger charge is 2.23. The van der Waals surface area contributed by atoms with Crippen LogP contribution in [0.15, 0.2) is 30.6 Å². The zero-order valence-electron chi connectivity index (χ0n) is 10.6. The minimum atomic E-state index is 0.218. The van der Waals surface area contributed by atoms with Gasteiger partial charge in [0.05, 0.1) is 12.4 Å². The first-order valence-electron chi connectivity index (χ1n) is 6.52. The Bertz CT molecular complexity index is 782. The third-order valence-corrected chi connectivity index (χ3v) is 3.86. The summed E-state index contributed by atoms with van der Waals surface area (Å²) in [4.78, 5) is 15.6. The molecule has 20 heavy (non-hydrogen) atoms. The summed E-state index contributed by atoms with van der Waals surface area (Å²) in [7, 11) is 0. The van der Waals surface area contributed by atoms with Crippen LogP contribution in [0.1, 0.15) is 23.6 Å². The Morgan fingerprint density at radius 1 is 1.25 bits per heavy atom. The molecule has 2 N–H and O–H groups in total. The average molecular weight is 286 g/mol. The lowest BCUT2D eigenvalue weighted by Crippen LogP contribution is -2.09. The average Bonchev–Trinajstić information content (AvgIpc) is 3.06. The van der Waals surface area contributed by atoms with Gasteiger partial charge in [0, 0.05) is 0 Å². The van der Waals surface area contributed by atoms with E-state index in [9.17, 15) is 0 Å². The Labute approximate surface area is 120 Å². The smallest absolute Gasteiger partial charge is 0.226 e. The Balaban J connectivity index is 1.74. The Morgan fingerprint density at radius 2 is 2.15 bits per heavy atom. The number of nitrogens with one attached hydrogen (secondary N) is 2. The van der Waals surface area contributed by atoms with Crippen LogP contribution in [0.2, 0.25) is 5.28 Å². The molecule has 0 bridgehead atoms. The molecule has 0 amide bonds.